The van der Waals surface area contributed by atoms with Crippen molar-refractivity contribution in [2.24, 2.45) is 5.92 Å². The first-order valence-corrected chi connectivity index (χ1v) is 5.53. The summed E-state index contributed by atoms with van der Waals surface area (Å²) in [5, 5.41) is 17.9. The molecule has 17 heavy (non-hydrogen) atoms. The van der Waals surface area contributed by atoms with Gasteiger partial charge in [-0.15, -0.1) is 0 Å². The Morgan fingerprint density at radius 1 is 1.35 bits per heavy atom. The maximum atomic E-state index is 13.3. The Balaban J connectivity index is 1.86. The molecule has 0 radical (unpaired) electrons. The Bertz CT molecular complexity index is 382. The van der Waals surface area contributed by atoms with Crippen LogP contribution in [0.2, 0.25) is 0 Å². The Morgan fingerprint density at radius 2 is 2.12 bits per heavy atom. The molecule has 0 spiro atoms. The Kier molecular flexibility index (Phi) is 3.99. The summed E-state index contributed by atoms with van der Waals surface area (Å²) in [6.45, 7) is 0.600. The van der Waals surface area contributed by atoms with Crippen molar-refractivity contribution in [3.05, 3.63) is 24.0 Å². The quantitative estimate of drug-likeness (QED) is 0.425. The monoisotopic (exact) mass is 240 g/mol. The molecule has 2 N–H and O–H groups in total. The van der Waals surface area contributed by atoms with Gasteiger partial charge in [0.05, 0.1) is 6.61 Å². The fourth-order valence-electron chi connectivity index (χ4n) is 1.40. The van der Waals surface area contributed by atoms with Gasteiger partial charge in [-0.05, 0) is 36.4 Å². The molecule has 1 saturated carbocycles. The lowest BCUT2D eigenvalue weighted by Crippen LogP contribution is -2.29. The Labute approximate surface area is 99.1 Å². The lowest BCUT2D eigenvalue weighted by atomic mass is 9.80. The second-order valence-corrected chi connectivity index (χ2v) is 4.14. The second kappa shape index (κ2) is 5.49. The van der Waals surface area contributed by atoms with Crippen molar-refractivity contribution in [3.8, 4) is 5.75 Å². The number of ether oxygens (including phenoxy) is 2. The zero-order chi connectivity index (χ0) is 12.3. The van der Waals surface area contributed by atoms with Crippen LogP contribution in [-0.2, 0) is 4.74 Å². The maximum Gasteiger partial charge on any atom is 0.488 e. The van der Waals surface area contributed by atoms with E-state index in [0.29, 0.717) is 12.5 Å². The molecule has 0 aromatic heterocycles. The zero-order valence-corrected chi connectivity index (χ0v) is 9.30. The fraction of sp³-hybridized carbons (Fsp3) is 0.455. The summed E-state index contributed by atoms with van der Waals surface area (Å²) >= 11 is 0. The summed E-state index contributed by atoms with van der Waals surface area (Å²) in [5.41, 5.74) is 0.184. The first-order valence-electron chi connectivity index (χ1n) is 5.53. The minimum absolute atomic E-state index is 0.0294. The molecule has 1 fully saturated rings. The molecule has 0 heterocycles. The molecule has 0 aliphatic heterocycles. The molecule has 1 aliphatic rings. The lowest BCUT2D eigenvalue weighted by Gasteiger charge is -2.09. The highest BCUT2D eigenvalue weighted by Gasteiger charge is 2.21. The number of rotatable bonds is 6. The number of benzene rings is 1. The maximum absolute atomic E-state index is 13.3. The van der Waals surface area contributed by atoms with Crippen molar-refractivity contribution < 1.29 is 23.9 Å². The van der Waals surface area contributed by atoms with Crippen LogP contribution in [0.1, 0.15) is 12.8 Å². The summed E-state index contributed by atoms with van der Waals surface area (Å²) in [6, 6.07) is 3.67. The minimum atomic E-state index is -1.63. The molecular weight excluding hydrogens is 226 g/mol. The van der Waals surface area contributed by atoms with Gasteiger partial charge in [0.1, 0.15) is 0 Å². The van der Waals surface area contributed by atoms with Gasteiger partial charge in [-0.25, -0.2) is 4.39 Å². The van der Waals surface area contributed by atoms with Crippen LogP contribution in [0.3, 0.4) is 0 Å². The van der Waals surface area contributed by atoms with Crippen LogP contribution in [0.5, 0.6) is 5.75 Å². The van der Waals surface area contributed by atoms with Crippen molar-refractivity contribution in [1.82, 2.24) is 0 Å². The van der Waals surface area contributed by atoms with Crippen LogP contribution < -0.4 is 10.2 Å². The molecule has 0 amide bonds. The highest BCUT2D eigenvalue weighted by atomic mass is 19.1. The zero-order valence-electron chi connectivity index (χ0n) is 9.30. The second-order valence-electron chi connectivity index (χ2n) is 4.14. The molecule has 0 unspecified atom stereocenters. The molecule has 6 heteroatoms. The van der Waals surface area contributed by atoms with E-state index in [1.54, 1.807) is 0 Å². The topological polar surface area (TPSA) is 58.9 Å². The molecule has 1 aromatic carbocycles. The minimum Gasteiger partial charge on any atom is -0.464 e. The fourth-order valence-corrected chi connectivity index (χ4v) is 1.40. The van der Waals surface area contributed by atoms with E-state index in [1.165, 1.54) is 25.0 Å². The van der Waals surface area contributed by atoms with Gasteiger partial charge in [-0.2, -0.15) is 0 Å². The van der Waals surface area contributed by atoms with Crippen molar-refractivity contribution in [1.29, 1.82) is 0 Å². The SMILES string of the molecule is OB(O)c1ccc(F)c(OCOCC2CC2)c1. The lowest BCUT2D eigenvalue weighted by molar-refractivity contribution is 0.00797. The predicted octanol–water partition coefficient (Wildman–Crippen LogP) is 0.268. The molecule has 0 saturated heterocycles. The first kappa shape index (κ1) is 12.4. The Hall–Kier alpha value is -1.11. The van der Waals surface area contributed by atoms with Gasteiger partial charge in [-0.3, -0.25) is 0 Å². The van der Waals surface area contributed by atoms with Crippen molar-refractivity contribution in [2.75, 3.05) is 13.4 Å². The van der Waals surface area contributed by atoms with E-state index in [-0.39, 0.29) is 18.0 Å². The van der Waals surface area contributed by atoms with Crippen LogP contribution in [-0.4, -0.2) is 30.6 Å². The summed E-state index contributed by atoms with van der Waals surface area (Å²) < 4.78 is 23.6. The number of hydrogen-bond acceptors (Lipinski definition) is 4. The van der Waals surface area contributed by atoms with E-state index in [9.17, 15) is 4.39 Å². The third-order valence-electron chi connectivity index (χ3n) is 2.60. The van der Waals surface area contributed by atoms with Crippen LogP contribution in [0, 0.1) is 11.7 Å². The summed E-state index contributed by atoms with van der Waals surface area (Å²) in [6.07, 6.45) is 2.36. The van der Waals surface area contributed by atoms with Gasteiger partial charge in [0.25, 0.3) is 0 Å². The summed E-state index contributed by atoms with van der Waals surface area (Å²) in [4.78, 5) is 0. The van der Waals surface area contributed by atoms with E-state index >= 15 is 0 Å². The average molecular weight is 240 g/mol. The molecule has 92 valence electrons. The van der Waals surface area contributed by atoms with Crippen LogP contribution in [0.25, 0.3) is 0 Å². The van der Waals surface area contributed by atoms with Crippen molar-refractivity contribution >= 4 is 12.6 Å². The molecule has 0 bridgehead atoms. The summed E-state index contributed by atoms with van der Waals surface area (Å²) in [5.74, 6) is 0.0323. The van der Waals surface area contributed by atoms with Crippen LogP contribution in [0.4, 0.5) is 4.39 Å². The third kappa shape index (κ3) is 3.69. The predicted molar refractivity (Wildman–Crippen MR) is 60.4 cm³/mol. The molecule has 2 rings (SSSR count). The van der Waals surface area contributed by atoms with E-state index in [2.05, 4.69) is 0 Å². The van der Waals surface area contributed by atoms with E-state index < -0.39 is 12.9 Å². The van der Waals surface area contributed by atoms with Gasteiger partial charge < -0.3 is 19.5 Å². The van der Waals surface area contributed by atoms with Gasteiger partial charge >= 0.3 is 7.12 Å². The van der Waals surface area contributed by atoms with E-state index in [0.717, 1.165) is 6.07 Å². The van der Waals surface area contributed by atoms with E-state index in [4.69, 9.17) is 19.5 Å². The van der Waals surface area contributed by atoms with Gasteiger partial charge in [0, 0.05) is 0 Å². The molecule has 4 nitrogen and oxygen atoms in total. The van der Waals surface area contributed by atoms with Crippen molar-refractivity contribution in [2.45, 2.75) is 12.8 Å². The standard InChI is InChI=1S/C11H14BFO4/c13-10-4-3-9(12(14)15)5-11(10)17-7-16-6-8-1-2-8/h3-5,8,14-15H,1-2,6-7H2. The van der Waals surface area contributed by atoms with Crippen LogP contribution >= 0.6 is 0 Å². The van der Waals surface area contributed by atoms with Gasteiger partial charge in [0.15, 0.2) is 18.4 Å². The smallest absolute Gasteiger partial charge is 0.464 e. The summed E-state index contributed by atoms with van der Waals surface area (Å²) in [7, 11) is -1.63. The van der Waals surface area contributed by atoms with E-state index in [1.807, 2.05) is 0 Å². The van der Waals surface area contributed by atoms with Gasteiger partial charge in [0.2, 0.25) is 0 Å². The highest BCUT2D eigenvalue weighted by molar-refractivity contribution is 6.58. The molecule has 1 aliphatic carbocycles. The number of hydrogen-bond donors (Lipinski definition) is 2. The van der Waals surface area contributed by atoms with Crippen LogP contribution in [0.15, 0.2) is 18.2 Å². The Morgan fingerprint density at radius 3 is 2.76 bits per heavy atom. The molecular formula is C11H14BFO4. The normalized spacial score (nSPS) is 14.8. The first-order chi connectivity index (χ1) is 8.16. The molecule has 1 aromatic rings. The number of halogens is 1. The van der Waals surface area contributed by atoms with Crippen molar-refractivity contribution in [3.63, 3.8) is 0 Å². The van der Waals surface area contributed by atoms with Gasteiger partial charge in [-0.1, -0.05) is 6.07 Å². The average Bonchev–Trinajstić information content (AvgIpc) is 3.10. The largest absolute Gasteiger partial charge is 0.488 e. The highest BCUT2D eigenvalue weighted by Crippen LogP contribution is 2.28. The third-order valence-corrected chi connectivity index (χ3v) is 2.60. The molecule has 0 atom stereocenters.